The zero-order valence-corrected chi connectivity index (χ0v) is 13.1. The van der Waals surface area contributed by atoms with Gasteiger partial charge in [-0.1, -0.05) is 37.3 Å². The number of hydrogen-bond donors (Lipinski definition) is 2. The quantitative estimate of drug-likeness (QED) is 0.891. The second kappa shape index (κ2) is 6.22. The van der Waals surface area contributed by atoms with Crippen LogP contribution in [-0.4, -0.2) is 11.9 Å². The van der Waals surface area contributed by atoms with Gasteiger partial charge in [-0.2, -0.15) is 0 Å². The minimum Gasteiger partial charge on any atom is -0.382 e. The van der Waals surface area contributed by atoms with Gasteiger partial charge in [0.15, 0.2) is 0 Å². The summed E-state index contributed by atoms with van der Waals surface area (Å²) < 4.78 is 0. The summed E-state index contributed by atoms with van der Waals surface area (Å²) in [6.07, 6.45) is 1.82. The van der Waals surface area contributed by atoms with Gasteiger partial charge in [-0.25, -0.2) is 0 Å². The molecule has 22 heavy (non-hydrogen) atoms. The molecule has 1 amide bonds. The van der Waals surface area contributed by atoms with E-state index in [9.17, 15) is 4.79 Å². The monoisotopic (exact) mass is 294 g/mol. The van der Waals surface area contributed by atoms with Crippen LogP contribution in [0.25, 0.3) is 0 Å². The van der Waals surface area contributed by atoms with Crippen LogP contribution >= 0.6 is 0 Å². The molecule has 0 spiro atoms. The predicted molar refractivity (Wildman–Crippen MR) is 91.3 cm³/mol. The van der Waals surface area contributed by atoms with Crippen molar-refractivity contribution in [3.8, 4) is 0 Å². The lowest BCUT2D eigenvalue weighted by Crippen LogP contribution is -2.32. The first-order valence-electron chi connectivity index (χ1n) is 7.92. The topological polar surface area (TPSA) is 41.1 Å². The summed E-state index contributed by atoms with van der Waals surface area (Å²) in [4.78, 5) is 12.7. The van der Waals surface area contributed by atoms with Crippen molar-refractivity contribution in [2.45, 2.75) is 38.6 Å². The minimum atomic E-state index is -0.0988. The van der Waals surface area contributed by atoms with Crippen molar-refractivity contribution in [2.24, 2.45) is 0 Å². The molecule has 3 nitrogen and oxygen atoms in total. The van der Waals surface area contributed by atoms with E-state index in [1.165, 1.54) is 5.56 Å². The van der Waals surface area contributed by atoms with Gasteiger partial charge in [-0.15, -0.1) is 0 Å². The highest BCUT2D eigenvalue weighted by Crippen LogP contribution is 2.34. The maximum absolute atomic E-state index is 12.7. The Labute approximate surface area is 131 Å². The second-order valence-electron chi connectivity index (χ2n) is 5.96. The first kappa shape index (κ1) is 14.6. The van der Waals surface area contributed by atoms with Gasteiger partial charge in [0.2, 0.25) is 5.91 Å². The maximum atomic E-state index is 12.7. The summed E-state index contributed by atoms with van der Waals surface area (Å²) in [6.45, 7) is 4.24. The molecule has 0 saturated heterocycles. The first-order valence-corrected chi connectivity index (χ1v) is 7.92. The van der Waals surface area contributed by atoms with Crippen LogP contribution in [0.2, 0.25) is 0 Å². The molecular formula is C19H22N2O. The van der Waals surface area contributed by atoms with Gasteiger partial charge in [0.1, 0.15) is 0 Å². The highest BCUT2D eigenvalue weighted by Gasteiger charge is 2.29. The fourth-order valence-electron chi connectivity index (χ4n) is 3.04. The Balaban J connectivity index is 1.79. The largest absolute Gasteiger partial charge is 0.382 e. The molecular weight excluding hydrogens is 272 g/mol. The van der Waals surface area contributed by atoms with Gasteiger partial charge in [0, 0.05) is 17.4 Å². The van der Waals surface area contributed by atoms with Gasteiger partial charge in [0.25, 0.3) is 0 Å². The molecule has 0 saturated carbocycles. The standard InChI is InChI=1S/C19H22N2O/c1-3-14-8-10-15(11-9-14)21-19(22)17-12-13(2)20-18-7-5-4-6-16(17)18/h4-11,13,17,20H,3,12H2,1-2H3,(H,21,22)/t13-,17-/m0/s1. The summed E-state index contributed by atoms with van der Waals surface area (Å²) in [5, 5.41) is 6.50. The zero-order chi connectivity index (χ0) is 15.5. The van der Waals surface area contributed by atoms with Crippen molar-refractivity contribution in [1.82, 2.24) is 0 Å². The van der Waals surface area contributed by atoms with Gasteiger partial charge in [0.05, 0.1) is 5.92 Å². The Hall–Kier alpha value is -2.29. The van der Waals surface area contributed by atoms with Crippen LogP contribution in [0.5, 0.6) is 0 Å². The molecule has 1 aliphatic rings. The van der Waals surface area contributed by atoms with Gasteiger partial charge < -0.3 is 10.6 Å². The van der Waals surface area contributed by atoms with Crippen LogP contribution in [0.1, 0.15) is 37.3 Å². The van der Waals surface area contributed by atoms with Crippen molar-refractivity contribution < 1.29 is 4.79 Å². The fourth-order valence-corrected chi connectivity index (χ4v) is 3.04. The fraction of sp³-hybridized carbons (Fsp3) is 0.316. The van der Waals surface area contributed by atoms with E-state index in [4.69, 9.17) is 0 Å². The maximum Gasteiger partial charge on any atom is 0.232 e. The molecule has 2 aromatic rings. The predicted octanol–water partition coefficient (Wildman–Crippen LogP) is 4.18. The number of fused-ring (bicyclic) bond motifs is 1. The number of carbonyl (C=O) groups excluding carboxylic acids is 1. The van der Waals surface area contributed by atoms with E-state index in [1.54, 1.807) is 0 Å². The average molecular weight is 294 g/mol. The minimum absolute atomic E-state index is 0.0741. The molecule has 1 aliphatic heterocycles. The highest BCUT2D eigenvalue weighted by atomic mass is 16.1. The van der Waals surface area contributed by atoms with Crippen molar-refractivity contribution in [3.05, 3.63) is 59.7 Å². The number of rotatable bonds is 3. The highest BCUT2D eigenvalue weighted by molar-refractivity contribution is 5.97. The number of nitrogens with one attached hydrogen (secondary N) is 2. The van der Waals surface area contributed by atoms with Crippen molar-refractivity contribution in [2.75, 3.05) is 10.6 Å². The van der Waals surface area contributed by atoms with Crippen LogP contribution in [0.3, 0.4) is 0 Å². The summed E-state index contributed by atoms with van der Waals surface area (Å²) >= 11 is 0. The third kappa shape index (κ3) is 2.98. The van der Waals surface area contributed by atoms with E-state index in [-0.39, 0.29) is 11.8 Å². The Morgan fingerprint density at radius 1 is 1.18 bits per heavy atom. The lowest BCUT2D eigenvalue weighted by Gasteiger charge is -2.30. The van der Waals surface area contributed by atoms with E-state index in [0.29, 0.717) is 6.04 Å². The molecule has 3 heteroatoms. The molecule has 0 radical (unpaired) electrons. The molecule has 0 aromatic heterocycles. The molecule has 114 valence electrons. The molecule has 1 heterocycles. The average Bonchev–Trinajstić information content (AvgIpc) is 2.54. The van der Waals surface area contributed by atoms with Crippen molar-refractivity contribution in [1.29, 1.82) is 0 Å². The Bertz CT molecular complexity index is 663. The Kier molecular flexibility index (Phi) is 4.14. The van der Waals surface area contributed by atoms with Crippen LogP contribution in [0.4, 0.5) is 11.4 Å². The van der Waals surface area contributed by atoms with Crippen LogP contribution in [-0.2, 0) is 11.2 Å². The molecule has 0 aliphatic carbocycles. The second-order valence-corrected chi connectivity index (χ2v) is 5.96. The first-order chi connectivity index (χ1) is 10.7. The van der Waals surface area contributed by atoms with Crippen LogP contribution < -0.4 is 10.6 Å². The lowest BCUT2D eigenvalue weighted by molar-refractivity contribution is -0.117. The summed E-state index contributed by atoms with van der Waals surface area (Å²) in [5.74, 6) is -0.0247. The van der Waals surface area contributed by atoms with E-state index >= 15 is 0 Å². The van der Waals surface area contributed by atoms with Gasteiger partial charge in [-0.3, -0.25) is 4.79 Å². The van der Waals surface area contributed by atoms with Crippen molar-refractivity contribution >= 4 is 17.3 Å². The lowest BCUT2D eigenvalue weighted by atomic mass is 9.87. The molecule has 2 atom stereocenters. The number of para-hydroxylation sites is 1. The number of aryl methyl sites for hydroxylation is 1. The Morgan fingerprint density at radius 3 is 2.64 bits per heavy atom. The molecule has 0 fully saturated rings. The number of anilines is 2. The SMILES string of the molecule is CCc1ccc(NC(=O)[C@H]2C[C@H](C)Nc3ccccc32)cc1. The molecule has 2 aromatic carbocycles. The number of hydrogen-bond acceptors (Lipinski definition) is 2. The van der Waals surface area contributed by atoms with Gasteiger partial charge in [-0.05, 0) is 49.1 Å². The van der Waals surface area contributed by atoms with E-state index in [2.05, 4.69) is 36.6 Å². The van der Waals surface area contributed by atoms with Crippen molar-refractivity contribution in [3.63, 3.8) is 0 Å². The summed E-state index contributed by atoms with van der Waals surface area (Å²) in [7, 11) is 0. The van der Waals surface area contributed by atoms with E-state index in [0.717, 1.165) is 29.8 Å². The third-order valence-electron chi connectivity index (χ3n) is 4.27. The Morgan fingerprint density at radius 2 is 1.91 bits per heavy atom. The number of carbonyl (C=O) groups is 1. The number of amides is 1. The van der Waals surface area contributed by atoms with E-state index in [1.807, 2.05) is 36.4 Å². The molecule has 3 rings (SSSR count). The smallest absolute Gasteiger partial charge is 0.232 e. The number of benzene rings is 2. The van der Waals surface area contributed by atoms with Crippen LogP contribution in [0, 0.1) is 0 Å². The zero-order valence-electron chi connectivity index (χ0n) is 13.1. The molecule has 0 unspecified atom stereocenters. The van der Waals surface area contributed by atoms with Gasteiger partial charge >= 0.3 is 0 Å². The molecule has 2 N–H and O–H groups in total. The third-order valence-corrected chi connectivity index (χ3v) is 4.27. The molecule has 0 bridgehead atoms. The normalized spacial score (nSPS) is 19.9. The summed E-state index contributed by atoms with van der Waals surface area (Å²) in [6, 6.07) is 16.5. The van der Waals surface area contributed by atoms with E-state index < -0.39 is 0 Å². The van der Waals surface area contributed by atoms with Crippen LogP contribution in [0.15, 0.2) is 48.5 Å². The summed E-state index contributed by atoms with van der Waals surface area (Å²) in [5.41, 5.74) is 4.30.